The van der Waals surface area contributed by atoms with E-state index in [2.05, 4.69) is 15.5 Å². The lowest BCUT2D eigenvalue weighted by Gasteiger charge is -2.09. The molecule has 5 nitrogen and oxygen atoms in total. The first-order valence-corrected chi connectivity index (χ1v) is 6.27. The molecule has 0 unspecified atom stereocenters. The van der Waals surface area contributed by atoms with Gasteiger partial charge < -0.3 is 15.5 Å². The number of rotatable bonds is 4. The number of benzene rings is 2. The molecule has 0 fully saturated rings. The molecule has 1 aromatic heterocycles. The van der Waals surface area contributed by atoms with Crippen LogP contribution in [0.1, 0.15) is 5.56 Å². The van der Waals surface area contributed by atoms with Gasteiger partial charge in [0.1, 0.15) is 0 Å². The van der Waals surface area contributed by atoms with Crippen LogP contribution in [0.25, 0.3) is 11.5 Å². The Morgan fingerprint density at radius 2 is 2.00 bits per heavy atom. The van der Waals surface area contributed by atoms with E-state index in [4.69, 9.17) is 10.2 Å². The summed E-state index contributed by atoms with van der Waals surface area (Å²) < 4.78 is 5.19. The van der Waals surface area contributed by atoms with Gasteiger partial charge in [-0.15, -0.1) is 10.2 Å². The number of nitrogens with one attached hydrogen (secondary N) is 1. The molecule has 0 amide bonds. The van der Waals surface area contributed by atoms with Crippen molar-refractivity contribution in [1.29, 1.82) is 0 Å². The van der Waals surface area contributed by atoms with E-state index < -0.39 is 0 Å². The molecule has 0 saturated heterocycles. The molecule has 0 atom stereocenters. The van der Waals surface area contributed by atoms with Gasteiger partial charge in [0, 0.05) is 23.5 Å². The third-order valence-corrected chi connectivity index (χ3v) is 3.01. The number of hydrogen-bond donors (Lipinski definition) is 2. The first-order valence-electron chi connectivity index (χ1n) is 6.27. The van der Waals surface area contributed by atoms with Crippen molar-refractivity contribution in [1.82, 2.24) is 10.2 Å². The van der Waals surface area contributed by atoms with Gasteiger partial charge in [-0.2, -0.15) is 0 Å². The lowest BCUT2D eigenvalue weighted by Crippen LogP contribution is -2.02. The summed E-state index contributed by atoms with van der Waals surface area (Å²) in [6.07, 6.45) is 1.32. The van der Waals surface area contributed by atoms with E-state index in [0.29, 0.717) is 12.4 Å². The molecule has 0 spiro atoms. The fourth-order valence-corrected chi connectivity index (χ4v) is 1.95. The van der Waals surface area contributed by atoms with Crippen LogP contribution < -0.4 is 11.1 Å². The van der Waals surface area contributed by atoms with Crippen LogP contribution in [0, 0.1) is 0 Å². The minimum atomic E-state index is 0.507. The highest BCUT2D eigenvalue weighted by atomic mass is 16.4. The van der Waals surface area contributed by atoms with Crippen molar-refractivity contribution in [3.63, 3.8) is 0 Å². The summed E-state index contributed by atoms with van der Waals surface area (Å²) in [6.45, 7) is 0.667. The van der Waals surface area contributed by atoms with E-state index in [1.165, 1.54) is 6.39 Å². The molecule has 1 heterocycles. The standard InChI is InChI=1S/C15H14N4O/c16-14-7-2-1-4-12(14)9-17-13-6-3-5-11(8-13)15-19-18-10-20-15/h1-8,10,17H,9,16H2. The fourth-order valence-electron chi connectivity index (χ4n) is 1.95. The average Bonchev–Trinajstić information content (AvgIpc) is 3.01. The van der Waals surface area contributed by atoms with Gasteiger partial charge >= 0.3 is 0 Å². The predicted octanol–water partition coefficient (Wildman–Crippen LogP) is 2.93. The Morgan fingerprint density at radius 3 is 2.80 bits per heavy atom. The number of anilines is 2. The molecule has 2 aromatic carbocycles. The summed E-state index contributed by atoms with van der Waals surface area (Å²) in [7, 11) is 0. The molecule has 0 aliphatic carbocycles. The fraction of sp³-hybridized carbons (Fsp3) is 0.0667. The van der Waals surface area contributed by atoms with Crippen LogP contribution in [0.5, 0.6) is 0 Å². The van der Waals surface area contributed by atoms with E-state index in [9.17, 15) is 0 Å². The first-order chi connectivity index (χ1) is 9.83. The van der Waals surface area contributed by atoms with Crippen LogP contribution in [-0.2, 0) is 6.54 Å². The molecule has 0 saturated carbocycles. The Hall–Kier alpha value is -2.82. The Bertz CT molecular complexity index is 695. The van der Waals surface area contributed by atoms with E-state index in [1.807, 2.05) is 48.5 Å². The molecule has 100 valence electrons. The van der Waals surface area contributed by atoms with Crippen LogP contribution in [0.2, 0.25) is 0 Å². The summed E-state index contributed by atoms with van der Waals surface area (Å²) in [6, 6.07) is 15.6. The lowest BCUT2D eigenvalue weighted by molar-refractivity contribution is 0.568. The van der Waals surface area contributed by atoms with E-state index in [-0.39, 0.29) is 0 Å². The van der Waals surface area contributed by atoms with Crippen molar-refractivity contribution >= 4 is 11.4 Å². The van der Waals surface area contributed by atoms with Crippen molar-refractivity contribution in [2.75, 3.05) is 11.1 Å². The molecule has 0 radical (unpaired) electrons. The highest BCUT2D eigenvalue weighted by Crippen LogP contribution is 2.21. The zero-order valence-electron chi connectivity index (χ0n) is 10.8. The summed E-state index contributed by atoms with van der Waals surface area (Å²) in [4.78, 5) is 0. The quantitative estimate of drug-likeness (QED) is 0.710. The molecule has 3 aromatic rings. The summed E-state index contributed by atoms with van der Waals surface area (Å²) in [5.41, 5.74) is 9.63. The van der Waals surface area contributed by atoms with Gasteiger partial charge in [0.15, 0.2) is 0 Å². The number of nitrogens with zero attached hydrogens (tertiary/aromatic N) is 2. The SMILES string of the molecule is Nc1ccccc1CNc1cccc(-c2nnco2)c1. The van der Waals surface area contributed by atoms with E-state index >= 15 is 0 Å². The van der Waals surface area contributed by atoms with Gasteiger partial charge in [-0.25, -0.2) is 0 Å². The van der Waals surface area contributed by atoms with Crippen molar-refractivity contribution in [3.05, 3.63) is 60.5 Å². The molecule has 0 aliphatic rings. The first kappa shape index (κ1) is 12.2. The van der Waals surface area contributed by atoms with Crippen LogP contribution in [0.4, 0.5) is 11.4 Å². The number of para-hydroxylation sites is 1. The maximum atomic E-state index is 5.92. The van der Waals surface area contributed by atoms with Crippen molar-refractivity contribution < 1.29 is 4.42 Å². The van der Waals surface area contributed by atoms with Crippen LogP contribution in [-0.4, -0.2) is 10.2 Å². The zero-order valence-corrected chi connectivity index (χ0v) is 10.8. The molecule has 5 heteroatoms. The van der Waals surface area contributed by atoms with Crippen molar-refractivity contribution in [2.24, 2.45) is 0 Å². The van der Waals surface area contributed by atoms with Gasteiger partial charge in [0.25, 0.3) is 0 Å². The Morgan fingerprint density at radius 1 is 1.10 bits per heavy atom. The lowest BCUT2D eigenvalue weighted by atomic mass is 10.1. The normalized spacial score (nSPS) is 10.4. The van der Waals surface area contributed by atoms with Crippen LogP contribution in [0.3, 0.4) is 0 Å². The van der Waals surface area contributed by atoms with Gasteiger partial charge in [0.05, 0.1) is 0 Å². The zero-order chi connectivity index (χ0) is 13.8. The second-order valence-corrected chi connectivity index (χ2v) is 4.38. The monoisotopic (exact) mass is 266 g/mol. The third-order valence-electron chi connectivity index (χ3n) is 3.01. The summed E-state index contributed by atoms with van der Waals surface area (Å²) in [5.74, 6) is 0.507. The molecule has 20 heavy (non-hydrogen) atoms. The summed E-state index contributed by atoms with van der Waals surface area (Å²) >= 11 is 0. The molecule has 0 bridgehead atoms. The largest absolute Gasteiger partial charge is 0.423 e. The van der Waals surface area contributed by atoms with Gasteiger partial charge in [-0.3, -0.25) is 0 Å². The molecule has 3 N–H and O–H groups in total. The Balaban J connectivity index is 1.75. The smallest absolute Gasteiger partial charge is 0.247 e. The maximum Gasteiger partial charge on any atom is 0.247 e. The molecular weight excluding hydrogens is 252 g/mol. The highest BCUT2D eigenvalue weighted by Gasteiger charge is 2.04. The second kappa shape index (κ2) is 5.44. The average molecular weight is 266 g/mol. The number of nitrogens with two attached hydrogens (primary N) is 1. The molecule has 3 rings (SSSR count). The highest BCUT2D eigenvalue weighted by molar-refractivity contribution is 5.61. The van der Waals surface area contributed by atoms with Crippen LogP contribution >= 0.6 is 0 Å². The molecular formula is C15H14N4O. The Labute approximate surface area is 116 Å². The number of aromatic nitrogens is 2. The maximum absolute atomic E-state index is 5.92. The topological polar surface area (TPSA) is 77.0 Å². The van der Waals surface area contributed by atoms with E-state index in [1.54, 1.807) is 0 Å². The van der Waals surface area contributed by atoms with Gasteiger partial charge in [-0.1, -0.05) is 24.3 Å². The molecule has 0 aliphatic heterocycles. The van der Waals surface area contributed by atoms with Crippen molar-refractivity contribution in [3.8, 4) is 11.5 Å². The minimum Gasteiger partial charge on any atom is -0.423 e. The second-order valence-electron chi connectivity index (χ2n) is 4.38. The Kier molecular flexibility index (Phi) is 3.33. The third kappa shape index (κ3) is 2.61. The van der Waals surface area contributed by atoms with Gasteiger partial charge in [-0.05, 0) is 29.8 Å². The number of nitrogen functional groups attached to an aromatic ring is 1. The summed E-state index contributed by atoms with van der Waals surface area (Å²) in [5, 5.41) is 10.9. The predicted molar refractivity (Wildman–Crippen MR) is 77.9 cm³/mol. The van der Waals surface area contributed by atoms with E-state index in [0.717, 1.165) is 22.5 Å². The minimum absolute atomic E-state index is 0.507. The van der Waals surface area contributed by atoms with Gasteiger partial charge in [0.2, 0.25) is 12.3 Å². The van der Waals surface area contributed by atoms with Crippen molar-refractivity contribution in [2.45, 2.75) is 6.54 Å². The number of hydrogen-bond acceptors (Lipinski definition) is 5. The van der Waals surface area contributed by atoms with Crippen LogP contribution in [0.15, 0.2) is 59.3 Å².